The highest BCUT2D eigenvalue weighted by Gasteiger charge is 2.16. The van der Waals surface area contributed by atoms with Crippen molar-refractivity contribution in [2.45, 2.75) is 19.4 Å². The van der Waals surface area contributed by atoms with Gasteiger partial charge in [-0.15, -0.1) is 0 Å². The van der Waals surface area contributed by atoms with Gasteiger partial charge in [-0.05, 0) is 30.5 Å². The summed E-state index contributed by atoms with van der Waals surface area (Å²) in [4.78, 5) is 0. The standard InChI is InChI=1S/C15H14F3N/c1-9-4-2-3-5-10(9)6-15(19)11-7-13(17)14(18)8-12(11)16/h2-5,7-8,15H,6,19H2,1H3. The highest BCUT2D eigenvalue weighted by molar-refractivity contribution is 5.30. The van der Waals surface area contributed by atoms with Gasteiger partial charge >= 0.3 is 0 Å². The molecular weight excluding hydrogens is 251 g/mol. The van der Waals surface area contributed by atoms with Crippen molar-refractivity contribution in [3.8, 4) is 0 Å². The molecule has 4 heteroatoms. The third-order valence-corrected chi connectivity index (χ3v) is 3.14. The Morgan fingerprint density at radius 2 is 1.63 bits per heavy atom. The van der Waals surface area contributed by atoms with E-state index in [1.165, 1.54) is 0 Å². The Morgan fingerprint density at radius 3 is 2.32 bits per heavy atom. The summed E-state index contributed by atoms with van der Waals surface area (Å²) in [6.45, 7) is 1.92. The van der Waals surface area contributed by atoms with Crippen LogP contribution in [0.5, 0.6) is 0 Å². The fourth-order valence-electron chi connectivity index (χ4n) is 2.01. The molecule has 0 heterocycles. The van der Waals surface area contributed by atoms with Crippen LogP contribution in [0.1, 0.15) is 22.7 Å². The van der Waals surface area contributed by atoms with Gasteiger partial charge in [0.25, 0.3) is 0 Å². The van der Waals surface area contributed by atoms with Gasteiger partial charge in [-0.1, -0.05) is 24.3 Å². The van der Waals surface area contributed by atoms with E-state index in [1.54, 1.807) is 0 Å². The molecule has 2 aromatic rings. The van der Waals surface area contributed by atoms with Gasteiger partial charge in [0.05, 0.1) is 0 Å². The molecule has 0 aliphatic rings. The Labute approximate surface area is 109 Å². The lowest BCUT2D eigenvalue weighted by atomic mass is 9.96. The van der Waals surface area contributed by atoms with E-state index in [0.717, 1.165) is 17.2 Å². The topological polar surface area (TPSA) is 26.0 Å². The van der Waals surface area contributed by atoms with Crippen LogP contribution in [0.15, 0.2) is 36.4 Å². The summed E-state index contributed by atoms with van der Waals surface area (Å²) in [5, 5.41) is 0. The Morgan fingerprint density at radius 1 is 1.00 bits per heavy atom. The van der Waals surface area contributed by atoms with E-state index in [-0.39, 0.29) is 5.56 Å². The molecule has 2 rings (SSSR count). The average Bonchev–Trinajstić information content (AvgIpc) is 2.36. The molecule has 0 saturated heterocycles. The van der Waals surface area contributed by atoms with E-state index in [4.69, 9.17) is 5.73 Å². The molecule has 2 N–H and O–H groups in total. The summed E-state index contributed by atoms with van der Waals surface area (Å²) >= 11 is 0. The Bertz CT molecular complexity index is 596. The minimum atomic E-state index is -1.20. The van der Waals surface area contributed by atoms with Crippen molar-refractivity contribution in [1.82, 2.24) is 0 Å². The molecule has 2 aromatic carbocycles. The van der Waals surface area contributed by atoms with Crippen molar-refractivity contribution in [3.63, 3.8) is 0 Å². The van der Waals surface area contributed by atoms with Crippen LogP contribution in [0, 0.1) is 24.4 Å². The monoisotopic (exact) mass is 265 g/mol. The fourth-order valence-corrected chi connectivity index (χ4v) is 2.01. The smallest absolute Gasteiger partial charge is 0.161 e. The maximum Gasteiger partial charge on any atom is 0.161 e. The third-order valence-electron chi connectivity index (χ3n) is 3.14. The van der Waals surface area contributed by atoms with E-state index in [2.05, 4.69) is 0 Å². The predicted molar refractivity (Wildman–Crippen MR) is 68.1 cm³/mol. The molecule has 1 unspecified atom stereocenters. The van der Waals surface area contributed by atoms with Crippen molar-refractivity contribution >= 4 is 0 Å². The largest absolute Gasteiger partial charge is 0.324 e. The summed E-state index contributed by atoms with van der Waals surface area (Å²) in [6, 6.07) is 8.20. The van der Waals surface area contributed by atoms with E-state index in [9.17, 15) is 13.2 Å². The van der Waals surface area contributed by atoms with Crippen molar-refractivity contribution in [3.05, 3.63) is 70.5 Å². The van der Waals surface area contributed by atoms with Gasteiger partial charge < -0.3 is 5.73 Å². The molecule has 0 radical (unpaired) electrons. The normalized spacial score (nSPS) is 12.5. The first-order valence-electron chi connectivity index (χ1n) is 5.93. The van der Waals surface area contributed by atoms with E-state index in [1.807, 2.05) is 31.2 Å². The van der Waals surface area contributed by atoms with Gasteiger partial charge in [-0.25, -0.2) is 13.2 Å². The molecule has 19 heavy (non-hydrogen) atoms. The van der Waals surface area contributed by atoms with Crippen LogP contribution in [0.3, 0.4) is 0 Å². The summed E-state index contributed by atoms with van der Waals surface area (Å²) in [5.41, 5.74) is 7.86. The summed E-state index contributed by atoms with van der Waals surface area (Å²) < 4.78 is 39.6. The molecule has 0 saturated carbocycles. The number of aryl methyl sites for hydroxylation is 1. The van der Waals surface area contributed by atoms with E-state index < -0.39 is 23.5 Å². The molecule has 0 bridgehead atoms. The van der Waals surface area contributed by atoms with Gasteiger partial charge in [-0.2, -0.15) is 0 Å². The molecule has 0 fully saturated rings. The van der Waals surface area contributed by atoms with Crippen molar-refractivity contribution < 1.29 is 13.2 Å². The second kappa shape index (κ2) is 5.45. The highest BCUT2D eigenvalue weighted by atomic mass is 19.2. The average molecular weight is 265 g/mol. The quantitative estimate of drug-likeness (QED) is 0.842. The van der Waals surface area contributed by atoms with Gasteiger partial charge in [0.1, 0.15) is 5.82 Å². The Kier molecular flexibility index (Phi) is 3.90. The SMILES string of the molecule is Cc1ccccc1CC(N)c1cc(F)c(F)cc1F. The predicted octanol–water partition coefficient (Wildman–Crippen LogP) is 3.65. The summed E-state index contributed by atoms with van der Waals surface area (Å²) in [6.07, 6.45) is 0.370. The van der Waals surface area contributed by atoms with E-state index in [0.29, 0.717) is 12.5 Å². The maximum absolute atomic E-state index is 13.6. The highest BCUT2D eigenvalue weighted by Crippen LogP contribution is 2.23. The third kappa shape index (κ3) is 2.96. The van der Waals surface area contributed by atoms with Crippen LogP contribution < -0.4 is 5.73 Å². The lowest BCUT2D eigenvalue weighted by molar-refractivity contribution is 0.484. The number of rotatable bonds is 3. The fraction of sp³-hybridized carbons (Fsp3) is 0.200. The van der Waals surface area contributed by atoms with Crippen molar-refractivity contribution in [1.29, 1.82) is 0 Å². The number of hydrogen-bond acceptors (Lipinski definition) is 1. The number of hydrogen-bond donors (Lipinski definition) is 1. The van der Waals surface area contributed by atoms with Crippen LogP contribution >= 0.6 is 0 Å². The van der Waals surface area contributed by atoms with Crippen LogP contribution in [-0.2, 0) is 6.42 Å². The number of benzene rings is 2. The van der Waals surface area contributed by atoms with Crippen molar-refractivity contribution in [2.24, 2.45) is 5.73 Å². The van der Waals surface area contributed by atoms with Crippen LogP contribution in [-0.4, -0.2) is 0 Å². The van der Waals surface area contributed by atoms with Gasteiger partial charge in [0.15, 0.2) is 11.6 Å². The lowest BCUT2D eigenvalue weighted by Gasteiger charge is -2.15. The Balaban J connectivity index is 2.28. The zero-order valence-corrected chi connectivity index (χ0v) is 10.5. The summed E-state index contributed by atoms with van der Waals surface area (Å²) in [5.74, 6) is -3.11. The minimum absolute atomic E-state index is 0.0119. The van der Waals surface area contributed by atoms with Crippen LogP contribution in [0.2, 0.25) is 0 Å². The molecule has 0 aliphatic carbocycles. The molecule has 100 valence electrons. The number of halogens is 3. The first kappa shape index (κ1) is 13.6. The molecule has 0 aromatic heterocycles. The molecule has 0 amide bonds. The minimum Gasteiger partial charge on any atom is -0.324 e. The second-order valence-corrected chi connectivity index (χ2v) is 4.52. The first-order valence-corrected chi connectivity index (χ1v) is 5.93. The molecule has 0 spiro atoms. The molecule has 1 nitrogen and oxygen atoms in total. The zero-order valence-electron chi connectivity index (χ0n) is 10.5. The van der Waals surface area contributed by atoms with Crippen molar-refractivity contribution in [2.75, 3.05) is 0 Å². The molecular formula is C15H14F3N. The van der Waals surface area contributed by atoms with Gasteiger partial charge in [-0.3, -0.25) is 0 Å². The summed E-state index contributed by atoms with van der Waals surface area (Å²) in [7, 11) is 0. The second-order valence-electron chi connectivity index (χ2n) is 4.52. The van der Waals surface area contributed by atoms with Gasteiger partial charge in [0.2, 0.25) is 0 Å². The first-order chi connectivity index (χ1) is 8.99. The van der Waals surface area contributed by atoms with Crippen LogP contribution in [0.4, 0.5) is 13.2 Å². The van der Waals surface area contributed by atoms with Crippen LogP contribution in [0.25, 0.3) is 0 Å². The lowest BCUT2D eigenvalue weighted by Crippen LogP contribution is -2.16. The van der Waals surface area contributed by atoms with Gasteiger partial charge in [0, 0.05) is 17.7 Å². The maximum atomic E-state index is 13.6. The van der Waals surface area contributed by atoms with E-state index >= 15 is 0 Å². The number of nitrogens with two attached hydrogens (primary N) is 1. The molecule has 1 atom stereocenters. The zero-order chi connectivity index (χ0) is 14.0. The Hall–Kier alpha value is -1.81. The molecule has 0 aliphatic heterocycles.